The minimum absolute atomic E-state index is 0.0887. The Morgan fingerprint density at radius 3 is 2.50 bits per heavy atom. The van der Waals surface area contributed by atoms with Crippen LogP contribution in [0.1, 0.15) is 12.5 Å². The molecule has 3 nitrogen and oxygen atoms in total. The molecule has 0 aromatic heterocycles. The van der Waals surface area contributed by atoms with E-state index in [0.29, 0.717) is 5.02 Å². The van der Waals surface area contributed by atoms with E-state index < -0.39 is 0 Å². The Morgan fingerprint density at radius 1 is 1.10 bits per heavy atom. The topological polar surface area (TPSA) is 41.1 Å². The van der Waals surface area contributed by atoms with E-state index in [0.717, 1.165) is 17.8 Å². The van der Waals surface area contributed by atoms with Crippen molar-refractivity contribution in [2.24, 2.45) is 0 Å². The zero-order valence-electron chi connectivity index (χ0n) is 11.3. The second kappa shape index (κ2) is 6.96. The van der Waals surface area contributed by atoms with Crippen LogP contribution in [0.2, 0.25) is 5.02 Å². The summed E-state index contributed by atoms with van der Waals surface area (Å²) in [5.41, 5.74) is 2.88. The summed E-state index contributed by atoms with van der Waals surface area (Å²) in [6, 6.07) is 15.1. The molecule has 2 N–H and O–H groups in total. The minimum Gasteiger partial charge on any atom is -0.376 e. The summed E-state index contributed by atoms with van der Waals surface area (Å²) in [5.74, 6) is -0.0887. The maximum Gasteiger partial charge on any atom is 0.243 e. The molecule has 0 atom stereocenters. The maximum atomic E-state index is 11.8. The highest BCUT2D eigenvalue weighted by Gasteiger charge is 2.02. The average Bonchev–Trinajstić information content (AvgIpc) is 2.46. The minimum atomic E-state index is -0.0887. The lowest BCUT2D eigenvalue weighted by Gasteiger charge is -2.08. The summed E-state index contributed by atoms with van der Waals surface area (Å²) in [6.07, 6.45) is 0.991. The fraction of sp³-hybridized carbons (Fsp3) is 0.188. The van der Waals surface area contributed by atoms with Gasteiger partial charge in [0.25, 0.3) is 0 Å². The van der Waals surface area contributed by atoms with Crippen LogP contribution in [-0.2, 0) is 11.2 Å². The van der Waals surface area contributed by atoms with Crippen LogP contribution >= 0.6 is 11.6 Å². The first-order valence-corrected chi connectivity index (χ1v) is 6.93. The molecule has 2 rings (SSSR count). The van der Waals surface area contributed by atoms with E-state index in [-0.39, 0.29) is 12.5 Å². The molecule has 0 bridgehead atoms. The van der Waals surface area contributed by atoms with Crippen LogP contribution in [0.15, 0.2) is 48.5 Å². The van der Waals surface area contributed by atoms with Gasteiger partial charge >= 0.3 is 0 Å². The highest BCUT2D eigenvalue weighted by atomic mass is 35.5. The van der Waals surface area contributed by atoms with Crippen molar-refractivity contribution in [3.05, 3.63) is 59.1 Å². The fourth-order valence-electron chi connectivity index (χ4n) is 1.81. The van der Waals surface area contributed by atoms with Gasteiger partial charge in [0, 0.05) is 16.4 Å². The van der Waals surface area contributed by atoms with Crippen molar-refractivity contribution in [1.82, 2.24) is 0 Å². The largest absolute Gasteiger partial charge is 0.376 e. The summed E-state index contributed by atoms with van der Waals surface area (Å²) in [5, 5.41) is 6.52. The lowest BCUT2D eigenvalue weighted by atomic mass is 10.1. The molecule has 2 aromatic rings. The van der Waals surface area contributed by atoms with Crippen molar-refractivity contribution < 1.29 is 4.79 Å². The van der Waals surface area contributed by atoms with Gasteiger partial charge in [-0.1, -0.05) is 36.7 Å². The van der Waals surface area contributed by atoms with Crippen LogP contribution in [0.5, 0.6) is 0 Å². The first-order valence-electron chi connectivity index (χ1n) is 6.55. The van der Waals surface area contributed by atoms with Gasteiger partial charge in [0.05, 0.1) is 6.54 Å². The van der Waals surface area contributed by atoms with Gasteiger partial charge in [-0.15, -0.1) is 0 Å². The van der Waals surface area contributed by atoms with Gasteiger partial charge in [0.1, 0.15) is 0 Å². The highest BCUT2D eigenvalue weighted by molar-refractivity contribution is 6.30. The lowest BCUT2D eigenvalue weighted by molar-refractivity contribution is -0.114. The molecule has 1 amide bonds. The predicted molar refractivity (Wildman–Crippen MR) is 84.4 cm³/mol. The van der Waals surface area contributed by atoms with Crippen LogP contribution in [-0.4, -0.2) is 12.5 Å². The maximum absolute atomic E-state index is 11.8. The summed E-state index contributed by atoms with van der Waals surface area (Å²) < 4.78 is 0. The van der Waals surface area contributed by atoms with Crippen molar-refractivity contribution in [1.29, 1.82) is 0 Å². The molecule has 0 radical (unpaired) electrons. The molecule has 0 heterocycles. The zero-order valence-corrected chi connectivity index (χ0v) is 12.1. The van der Waals surface area contributed by atoms with Crippen LogP contribution in [0.3, 0.4) is 0 Å². The molecule has 4 heteroatoms. The van der Waals surface area contributed by atoms with Gasteiger partial charge < -0.3 is 10.6 Å². The molecule has 0 aliphatic heterocycles. The smallest absolute Gasteiger partial charge is 0.243 e. The van der Waals surface area contributed by atoms with E-state index in [1.54, 1.807) is 12.1 Å². The number of hydrogen-bond acceptors (Lipinski definition) is 2. The van der Waals surface area contributed by atoms with Crippen LogP contribution in [0.4, 0.5) is 11.4 Å². The van der Waals surface area contributed by atoms with Crippen molar-refractivity contribution in [2.45, 2.75) is 13.3 Å². The Balaban J connectivity index is 1.85. The molecule has 104 valence electrons. The van der Waals surface area contributed by atoms with Crippen LogP contribution in [0.25, 0.3) is 0 Å². The first kappa shape index (κ1) is 14.4. The van der Waals surface area contributed by atoms with Crippen LogP contribution in [0, 0.1) is 0 Å². The third-order valence-electron chi connectivity index (χ3n) is 2.92. The molecule has 20 heavy (non-hydrogen) atoms. The molecule has 0 saturated carbocycles. The third kappa shape index (κ3) is 4.28. The first-order chi connectivity index (χ1) is 9.67. The van der Waals surface area contributed by atoms with Crippen LogP contribution < -0.4 is 10.6 Å². The Hall–Kier alpha value is -2.00. The van der Waals surface area contributed by atoms with E-state index in [4.69, 9.17) is 11.6 Å². The number of nitrogens with one attached hydrogen (secondary N) is 2. The molecule has 0 aliphatic carbocycles. The molecule has 0 saturated heterocycles. The summed E-state index contributed by atoms with van der Waals surface area (Å²) in [6.45, 7) is 2.30. The number of benzene rings is 2. The van der Waals surface area contributed by atoms with Crippen molar-refractivity contribution in [3.8, 4) is 0 Å². The average molecular weight is 289 g/mol. The van der Waals surface area contributed by atoms with E-state index >= 15 is 0 Å². The monoisotopic (exact) mass is 288 g/mol. The van der Waals surface area contributed by atoms with Gasteiger partial charge in [0.2, 0.25) is 5.91 Å². The number of halogens is 1. The van der Waals surface area contributed by atoms with Crippen molar-refractivity contribution >= 4 is 28.9 Å². The number of anilines is 2. The van der Waals surface area contributed by atoms with E-state index in [1.165, 1.54) is 5.56 Å². The highest BCUT2D eigenvalue weighted by Crippen LogP contribution is 2.14. The van der Waals surface area contributed by atoms with Gasteiger partial charge in [-0.2, -0.15) is 0 Å². The molecule has 0 fully saturated rings. The van der Waals surface area contributed by atoms with Gasteiger partial charge in [-0.3, -0.25) is 4.79 Å². The number of amides is 1. The standard InChI is InChI=1S/C16H17ClN2O/c1-2-12-6-8-14(9-7-12)19-16(20)11-18-15-5-3-4-13(17)10-15/h3-10,18H,2,11H2,1H3,(H,19,20). The normalized spacial score (nSPS) is 10.1. The fourth-order valence-corrected chi connectivity index (χ4v) is 2.00. The molecule has 0 spiro atoms. The van der Waals surface area contributed by atoms with E-state index in [2.05, 4.69) is 17.6 Å². The van der Waals surface area contributed by atoms with Gasteiger partial charge in [0.15, 0.2) is 0 Å². The van der Waals surface area contributed by atoms with E-state index in [1.807, 2.05) is 36.4 Å². The number of rotatable bonds is 5. The van der Waals surface area contributed by atoms with E-state index in [9.17, 15) is 4.79 Å². The number of hydrogen-bond donors (Lipinski definition) is 2. The second-order valence-electron chi connectivity index (χ2n) is 4.46. The Bertz CT molecular complexity index is 581. The second-order valence-corrected chi connectivity index (χ2v) is 4.90. The Labute approximate surface area is 124 Å². The molecule has 0 aliphatic rings. The number of carbonyl (C=O) groups excluding carboxylic acids is 1. The summed E-state index contributed by atoms with van der Waals surface area (Å²) >= 11 is 5.88. The third-order valence-corrected chi connectivity index (χ3v) is 3.16. The number of aryl methyl sites for hydroxylation is 1. The molecule has 2 aromatic carbocycles. The predicted octanol–water partition coefficient (Wildman–Crippen LogP) is 3.95. The molecular weight excluding hydrogens is 272 g/mol. The SMILES string of the molecule is CCc1ccc(NC(=O)CNc2cccc(Cl)c2)cc1. The summed E-state index contributed by atoms with van der Waals surface area (Å²) in [4.78, 5) is 11.8. The molecule has 0 unspecified atom stereocenters. The van der Waals surface area contributed by atoms with Gasteiger partial charge in [-0.05, 0) is 42.3 Å². The zero-order chi connectivity index (χ0) is 14.4. The van der Waals surface area contributed by atoms with Crippen molar-refractivity contribution in [2.75, 3.05) is 17.2 Å². The Morgan fingerprint density at radius 2 is 1.85 bits per heavy atom. The number of carbonyl (C=O) groups is 1. The molecular formula is C16H17ClN2O. The van der Waals surface area contributed by atoms with Crippen molar-refractivity contribution in [3.63, 3.8) is 0 Å². The Kier molecular flexibility index (Phi) is 5.02. The van der Waals surface area contributed by atoms with Gasteiger partial charge in [-0.25, -0.2) is 0 Å². The quantitative estimate of drug-likeness (QED) is 0.874. The summed E-state index contributed by atoms with van der Waals surface area (Å²) in [7, 11) is 0. The lowest BCUT2D eigenvalue weighted by Crippen LogP contribution is -2.21.